The first kappa shape index (κ1) is 16.3. The van der Waals surface area contributed by atoms with E-state index in [-0.39, 0.29) is 5.91 Å². The molecule has 1 amide bonds. The third-order valence-electron chi connectivity index (χ3n) is 4.57. The summed E-state index contributed by atoms with van der Waals surface area (Å²) in [5, 5.41) is 4.31. The molecular formula is C21H24N2O. The van der Waals surface area contributed by atoms with Gasteiger partial charge in [0.1, 0.15) is 0 Å². The highest BCUT2D eigenvalue weighted by atomic mass is 16.1. The molecule has 0 aliphatic rings. The lowest BCUT2D eigenvalue weighted by atomic mass is 9.96. The number of hydrogen-bond donors (Lipinski definition) is 1. The van der Waals surface area contributed by atoms with E-state index in [1.807, 2.05) is 18.2 Å². The Bertz CT molecular complexity index is 792. The van der Waals surface area contributed by atoms with Crippen molar-refractivity contribution in [2.75, 3.05) is 6.54 Å². The number of rotatable bonds is 7. The fraction of sp³-hybridized carbons (Fsp3) is 0.286. The van der Waals surface area contributed by atoms with Crippen LogP contribution in [0.1, 0.15) is 31.2 Å². The minimum absolute atomic E-state index is 0.113. The maximum Gasteiger partial charge on any atom is 0.221 e. The van der Waals surface area contributed by atoms with Crippen molar-refractivity contribution in [1.29, 1.82) is 0 Å². The van der Waals surface area contributed by atoms with Crippen molar-refractivity contribution in [3.05, 3.63) is 72.4 Å². The van der Waals surface area contributed by atoms with Gasteiger partial charge in [-0.3, -0.25) is 4.79 Å². The van der Waals surface area contributed by atoms with Gasteiger partial charge in [0.2, 0.25) is 5.91 Å². The van der Waals surface area contributed by atoms with Gasteiger partial charge in [0.05, 0.1) is 0 Å². The molecule has 0 aliphatic carbocycles. The van der Waals surface area contributed by atoms with Gasteiger partial charge in [-0.25, -0.2) is 0 Å². The topological polar surface area (TPSA) is 34.0 Å². The highest BCUT2D eigenvalue weighted by molar-refractivity contribution is 5.80. The number of para-hydroxylation sites is 1. The molecule has 1 aromatic heterocycles. The molecule has 3 rings (SSSR count). The molecule has 124 valence electrons. The summed E-state index contributed by atoms with van der Waals surface area (Å²) in [7, 11) is 0. The van der Waals surface area contributed by atoms with E-state index in [0.717, 1.165) is 6.42 Å². The third-order valence-corrected chi connectivity index (χ3v) is 4.57. The molecule has 3 nitrogen and oxygen atoms in total. The first-order chi connectivity index (χ1) is 11.8. The normalized spacial score (nSPS) is 12.2. The van der Waals surface area contributed by atoms with Gasteiger partial charge in [-0.05, 0) is 29.5 Å². The average Bonchev–Trinajstić information content (AvgIpc) is 3.04. The minimum Gasteiger partial charge on any atom is -0.355 e. The predicted molar refractivity (Wildman–Crippen MR) is 99.0 cm³/mol. The Morgan fingerprint density at radius 2 is 1.79 bits per heavy atom. The van der Waals surface area contributed by atoms with Crippen molar-refractivity contribution >= 4 is 16.8 Å². The number of nitrogens with one attached hydrogen (secondary N) is 1. The van der Waals surface area contributed by atoms with Crippen molar-refractivity contribution in [3.8, 4) is 0 Å². The summed E-state index contributed by atoms with van der Waals surface area (Å²) in [5.41, 5.74) is 2.47. The first-order valence-electron chi connectivity index (χ1n) is 8.63. The lowest BCUT2D eigenvalue weighted by Gasteiger charge is -2.16. The van der Waals surface area contributed by atoms with Crippen molar-refractivity contribution in [3.63, 3.8) is 0 Å². The lowest BCUT2D eigenvalue weighted by Crippen LogP contribution is -2.28. The van der Waals surface area contributed by atoms with Crippen LogP contribution in [-0.2, 0) is 11.3 Å². The summed E-state index contributed by atoms with van der Waals surface area (Å²) in [4.78, 5) is 12.2. The molecule has 1 atom stereocenters. The molecule has 1 unspecified atom stereocenters. The summed E-state index contributed by atoms with van der Waals surface area (Å²) in [5.74, 6) is 0.490. The van der Waals surface area contributed by atoms with Crippen LogP contribution < -0.4 is 5.32 Å². The molecule has 0 radical (unpaired) electrons. The van der Waals surface area contributed by atoms with E-state index in [0.29, 0.717) is 25.4 Å². The fourth-order valence-electron chi connectivity index (χ4n) is 3.11. The largest absolute Gasteiger partial charge is 0.355 e. The summed E-state index contributed by atoms with van der Waals surface area (Å²) < 4.78 is 2.14. The Balaban J connectivity index is 1.52. The van der Waals surface area contributed by atoms with Crippen LogP contribution in [0.4, 0.5) is 0 Å². The van der Waals surface area contributed by atoms with Crippen LogP contribution >= 0.6 is 0 Å². The van der Waals surface area contributed by atoms with E-state index < -0.39 is 0 Å². The first-order valence-corrected chi connectivity index (χ1v) is 8.63. The second kappa shape index (κ2) is 7.82. The summed E-state index contributed by atoms with van der Waals surface area (Å²) in [6.45, 7) is 3.57. The number of amides is 1. The van der Waals surface area contributed by atoms with Gasteiger partial charge in [-0.15, -0.1) is 0 Å². The number of benzene rings is 2. The van der Waals surface area contributed by atoms with Crippen molar-refractivity contribution < 1.29 is 4.79 Å². The zero-order valence-corrected chi connectivity index (χ0v) is 14.1. The standard InChI is InChI=1S/C21H24N2O/c1-2-17(18-8-4-3-5-9-18)16-22-21(24)13-15-23-14-12-19-10-6-7-11-20(19)23/h3-12,14,17H,2,13,15-16H2,1H3,(H,22,24). The molecule has 3 heteroatoms. The molecular weight excluding hydrogens is 296 g/mol. The highest BCUT2D eigenvalue weighted by Crippen LogP contribution is 2.18. The molecule has 0 fully saturated rings. The lowest BCUT2D eigenvalue weighted by molar-refractivity contribution is -0.121. The van der Waals surface area contributed by atoms with Crippen LogP contribution in [0, 0.1) is 0 Å². The average molecular weight is 320 g/mol. The van der Waals surface area contributed by atoms with Gasteiger partial charge >= 0.3 is 0 Å². The molecule has 0 spiro atoms. The molecule has 2 aromatic carbocycles. The number of carbonyl (C=O) groups excluding carboxylic acids is 1. The Morgan fingerprint density at radius 3 is 2.58 bits per heavy atom. The van der Waals surface area contributed by atoms with Crippen molar-refractivity contribution in [2.45, 2.75) is 32.2 Å². The van der Waals surface area contributed by atoms with Crippen molar-refractivity contribution in [2.24, 2.45) is 0 Å². The Kier molecular flexibility index (Phi) is 5.32. The van der Waals surface area contributed by atoms with Gasteiger partial charge in [-0.1, -0.05) is 55.5 Å². The maximum absolute atomic E-state index is 12.2. The van der Waals surface area contributed by atoms with Gasteiger partial charge in [0, 0.05) is 37.1 Å². The molecule has 0 bridgehead atoms. The number of hydrogen-bond acceptors (Lipinski definition) is 1. The van der Waals surface area contributed by atoms with E-state index >= 15 is 0 Å². The zero-order valence-electron chi connectivity index (χ0n) is 14.1. The van der Waals surface area contributed by atoms with E-state index in [2.05, 4.69) is 65.5 Å². The molecule has 0 saturated heterocycles. The van der Waals surface area contributed by atoms with Gasteiger partial charge in [-0.2, -0.15) is 0 Å². The Morgan fingerprint density at radius 1 is 1.04 bits per heavy atom. The van der Waals surface area contributed by atoms with E-state index in [1.165, 1.54) is 16.5 Å². The molecule has 3 aromatic rings. The second-order valence-corrected chi connectivity index (χ2v) is 6.14. The number of carbonyl (C=O) groups is 1. The Labute approximate surface area is 143 Å². The van der Waals surface area contributed by atoms with E-state index in [1.54, 1.807) is 0 Å². The monoisotopic (exact) mass is 320 g/mol. The summed E-state index contributed by atoms with van der Waals surface area (Å²) in [6, 6.07) is 20.7. The molecule has 0 saturated carbocycles. The quantitative estimate of drug-likeness (QED) is 0.690. The number of nitrogens with zero attached hydrogens (tertiary/aromatic N) is 1. The zero-order chi connectivity index (χ0) is 16.8. The third kappa shape index (κ3) is 3.85. The number of fused-ring (bicyclic) bond motifs is 1. The molecule has 24 heavy (non-hydrogen) atoms. The number of aryl methyl sites for hydroxylation is 1. The van der Waals surface area contributed by atoms with Gasteiger partial charge in [0.25, 0.3) is 0 Å². The predicted octanol–water partition coefficient (Wildman–Crippen LogP) is 4.34. The summed E-state index contributed by atoms with van der Waals surface area (Å²) >= 11 is 0. The SMILES string of the molecule is CCC(CNC(=O)CCn1ccc2ccccc21)c1ccccc1. The summed E-state index contributed by atoms with van der Waals surface area (Å²) in [6.07, 6.45) is 3.58. The Hall–Kier alpha value is -2.55. The number of aromatic nitrogens is 1. The fourth-order valence-corrected chi connectivity index (χ4v) is 3.11. The smallest absolute Gasteiger partial charge is 0.221 e. The van der Waals surface area contributed by atoms with E-state index in [4.69, 9.17) is 0 Å². The van der Waals surface area contributed by atoms with Gasteiger partial charge in [0.15, 0.2) is 0 Å². The van der Waals surface area contributed by atoms with Gasteiger partial charge < -0.3 is 9.88 Å². The van der Waals surface area contributed by atoms with Crippen LogP contribution in [-0.4, -0.2) is 17.0 Å². The van der Waals surface area contributed by atoms with Crippen LogP contribution in [0.2, 0.25) is 0 Å². The maximum atomic E-state index is 12.2. The minimum atomic E-state index is 0.113. The van der Waals surface area contributed by atoms with Crippen molar-refractivity contribution in [1.82, 2.24) is 9.88 Å². The molecule has 1 N–H and O–H groups in total. The van der Waals surface area contributed by atoms with Crippen LogP contribution in [0.15, 0.2) is 66.9 Å². The molecule has 1 heterocycles. The highest BCUT2D eigenvalue weighted by Gasteiger charge is 2.11. The molecule has 0 aliphatic heterocycles. The van der Waals surface area contributed by atoms with E-state index in [9.17, 15) is 4.79 Å². The van der Waals surface area contributed by atoms with Crippen LogP contribution in [0.5, 0.6) is 0 Å². The van der Waals surface area contributed by atoms with Crippen LogP contribution in [0.3, 0.4) is 0 Å². The van der Waals surface area contributed by atoms with Crippen LogP contribution in [0.25, 0.3) is 10.9 Å². The second-order valence-electron chi connectivity index (χ2n) is 6.14.